The number of hydrogen-bond donors (Lipinski definition) is 1. The van der Waals surface area contributed by atoms with Crippen molar-refractivity contribution in [2.24, 2.45) is 23.2 Å². The lowest BCUT2D eigenvalue weighted by Crippen LogP contribution is -2.46. The SMILES string of the molecule is CC(=O)OCCC[C@@H]1Cc2cc(O)ccc2[C@H]2CC[C@]3(C)C(=O)CC[C@H]3[C@H]12. The summed E-state index contributed by atoms with van der Waals surface area (Å²) in [7, 11) is 0. The van der Waals surface area contributed by atoms with Crippen molar-refractivity contribution in [3.8, 4) is 5.75 Å². The predicted octanol–water partition coefficient (Wildman–Crippen LogP) is 4.39. The first kappa shape index (κ1) is 18.5. The number of phenolic OH excluding ortho intramolecular Hbond substituents is 1. The van der Waals surface area contributed by atoms with Gasteiger partial charge in [0.15, 0.2) is 0 Å². The molecular weight excluding hydrogens is 340 g/mol. The number of Topliss-reactive ketones (excluding diaryl/α,β-unsaturated/α-hetero) is 1. The van der Waals surface area contributed by atoms with E-state index >= 15 is 0 Å². The van der Waals surface area contributed by atoms with Gasteiger partial charge in [-0.3, -0.25) is 9.59 Å². The maximum atomic E-state index is 12.6. The number of carbonyl (C=O) groups excluding carboxylic acids is 2. The highest BCUT2D eigenvalue weighted by Gasteiger charge is 2.56. The number of phenols is 1. The molecule has 0 saturated heterocycles. The van der Waals surface area contributed by atoms with Crippen molar-refractivity contribution >= 4 is 11.8 Å². The summed E-state index contributed by atoms with van der Waals surface area (Å²) in [5.41, 5.74) is 2.50. The topological polar surface area (TPSA) is 63.6 Å². The summed E-state index contributed by atoms with van der Waals surface area (Å²) in [4.78, 5) is 23.7. The van der Waals surface area contributed by atoms with Gasteiger partial charge in [0, 0.05) is 18.8 Å². The number of fused-ring (bicyclic) bond motifs is 5. The van der Waals surface area contributed by atoms with Crippen molar-refractivity contribution in [1.82, 2.24) is 0 Å². The Hall–Kier alpha value is -1.84. The van der Waals surface area contributed by atoms with Crippen molar-refractivity contribution in [1.29, 1.82) is 0 Å². The fraction of sp³-hybridized carbons (Fsp3) is 0.652. The van der Waals surface area contributed by atoms with E-state index in [1.165, 1.54) is 18.1 Å². The highest BCUT2D eigenvalue weighted by Crippen LogP contribution is 2.61. The summed E-state index contributed by atoms with van der Waals surface area (Å²) in [6.45, 7) is 4.12. The molecule has 3 aliphatic carbocycles. The normalized spacial score (nSPS) is 34.5. The Morgan fingerprint density at radius 3 is 2.93 bits per heavy atom. The summed E-state index contributed by atoms with van der Waals surface area (Å²) in [5.74, 6) is 2.52. The Bertz CT molecular complexity index is 755. The fourth-order valence-electron chi connectivity index (χ4n) is 6.39. The van der Waals surface area contributed by atoms with Crippen LogP contribution in [0.4, 0.5) is 0 Å². The van der Waals surface area contributed by atoms with E-state index < -0.39 is 0 Å². The summed E-state index contributed by atoms with van der Waals surface area (Å²) in [6.07, 6.45) is 6.60. The Morgan fingerprint density at radius 1 is 1.33 bits per heavy atom. The third-order valence-electron chi connectivity index (χ3n) is 7.62. The van der Waals surface area contributed by atoms with Crippen LogP contribution < -0.4 is 0 Å². The largest absolute Gasteiger partial charge is 0.508 e. The van der Waals surface area contributed by atoms with Gasteiger partial charge in [-0.2, -0.15) is 0 Å². The second-order valence-corrected chi connectivity index (χ2v) is 9.04. The lowest BCUT2D eigenvalue weighted by Gasteiger charge is -2.51. The van der Waals surface area contributed by atoms with Crippen LogP contribution in [0.25, 0.3) is 0 Å². The molecule has 1 aromatic rings. The summed E-state index contributed by atoms with van der Waals surface area (Å²) in [6, 6.07) is 5.85. The van der Waals surface area contributed by atoms with Crippen LogP contribution in [0.5, 0.6) is 5.75 Å². The molecule has 146 valence electrons. The third kappa shape index (κ3) is 3.17. The van der Waals surface area contributed by atoms with Crippen molar-refractivity contribution in [3.05, 3.63) is 29.3 Å². The number of ketones is 1. The molecule has 27 heavy (non-hydrogen) atoms. The molecule has 0 aliphatic heterocycles. The Morgan fingerprint density at radius 2 is 2.15 bits per heavy atom. The van der Waals surface area contributed by atoms with Crippen LogP contribution in [0.2, 0.25) is 0 Å². The number of carbonyl (C=O) groups is 2. The molecule has 3 aliphatic rings. The third-order valence-corrected chi connectivity index (χ3v) is 7.62. The fourth-order valence-corrected chi connectivity index (χ4v) is 6.39. The molecule has 4 nitrogen and oxygen atoms in total. The average molecular weight is 370 g/mol. The second kappa shape index (κ2) is 6.96. The van der Waals surface area contributed by atoms with E-state index in [9.17, 15) is 14.7 Å². The summed E-state index contributed by atoms with van der Waals surface area (Å²) in [5, 5.41) is 9.97. The van der Waals surface area contributed by atoms with Gasteiger partial charge < -0.3 is 9.84 Å². The molecule has 0 radical (unpaired) electrons. The van der Waals surface area contributed by atoms with Crippen LogP contribution in [0.1, 0.15) is 69.4 Å². The monoisotopic (exact) mass is 370 g/mol. The maximum absolute atomic E-state index is 12.6. The molecule has 0 heterocycles. The molecule has 0 spiro atoms. The first-order valence-corrected chi connectivity index (χ1v) is 10.4. The number of benzene rings is 1. The number of esters is 1. The van der Waals surface area contributed by atoms with Gasteiger partial charge in [0.25, 0.3) is 0 Å². The van der Waals surface area contributed by atoms with E-state index in [0.717, 1.165) is 44.9 Å². The first-order valence-electron chi connectivity index (χ1n) is 10.4. The first-order chi connectivity index (χ1) is 12.9. The van der Waals surface area contributed by atoms with Gasteiger partial charge in [0.1, 0.15) is 11.5 Å². The highest BCUT2D eigenvalue weighted by atomic mass is 16.5. The van der Waals surface area contributed by atoms with Crippen LogP contribution in [0.15, 0.2) is 18.2 Å². The molecule has 2 saturated carbocycles. The molecule has 0 aromatic heterocycles. The van der Waals surface area contributed by atoms with Gasteiger partial charge >= 0.3 is 5.97 Å². The number of aromatic hydroxyl groups is 1. The van der Waals surface area contributed by atoms with E-state index in [-0.39, 0.29) is 11.4 Å². The molecule has 2 fully saturated rings. The van der Waals surface area contributed by atoms with Crippen molar-refractivity contribution in [2.75, 3.05) is 6.61 Å². The molecule has 4 heteroatoms. The number of ether oxygens (including phenoxy) is 1. The predicted molar refractivity (Wildman–Crippen MR) is 102 cm³/mol. The molecule has 4 rings (SSSR count). The molecule has 1 N–H and O–H groups in total. The second-order valence-electron chi connectivity index (χ2n) is 9.04. The average Bonchev–Trinajstić information content (AvgIpc) is 2.93. The van der Waals surface area contributed by atoms with E-state index in [1.807, 2.05) is 12.1 Å². The maximum Gasteiger partial charge on any atom is 0.302 e. The Labute approximate surface area is 161 Å². The summed E-state index contributed by atoms with van der Waals surface area (Å²) < 4.78 is 5.15. The smallest absolute Gasteiger partial charge is 0.302 e. The lowest BCUT2D eigenvalue weighted by molar-refractivity contribution is -0.141. The van der Waals surface area contributed by atoms with Crippen LogP contribution in [-0.2, 0) is 20.7 Å². The quantitative estimate of drug-likeness (QED) is 0.631. The Balaban J connectivity index is 1.62. The molecular formula is C23H30O4. The Kier molecular flexibility index (Phi) is 4.77. The minimum absolute atomic E-state index is 0.149. The number of rotatable bonds is 4. The van der Waals surface area contributed by atoms with E-state index in [4.69, 9.17) is 4.74 Å². The van der Waals surface area contributed by atoms with E-state index in [0.29, 0.717) is 41.8 Å². The van der Waals surface area contributed by atoms with Gasteiger partial charge in [-0.15, -0.1) is 0 Å². The standard InChI is InChI=1S/C23H30O4/c1-14(24)27-11-3-4-15-12-16-13-17(25)5-6-18(16)19-9-10-23(2)20(22(15)19)7-8-21(23)26/h5-6,13,15,19-20,22,25H,3-4,7-12H2,1-2H3/t15-,19-,20+,22-,23+/m1/s1. The van der Waals surface area contributed by atoms with Gasteiger partial charge in [-0.1, -0.05) is 13.0 Å². The van der Waals surface area contributed by atoms with Gasteiger partial charge in [0.05, 0.1) is 6.61 Å². The zero-order valence-corrected chi connectivity index (χ0v) is 16.4. The number of hydrogen-bond acceptors (Lipinski definition) is 4. The van der Waals surface area contributed by atoms with Crippen molar-refractivity contribution in [2.45, 2.75) is 64.7 Å². The van der Waals surface area contributed by atoms with Gasteiger partial charge in [-0.05, 0) is 85.5 Å². The lowest BCUT2D eigenvalue weighted by atomic mass is 9.52. The minimum Gasteiger partial charge on any atom is -0.508 e. The van der Waals surface area contributed by atoms with Crippen molar-refractivity contribution in [3.63, 3.8) is 0 Å². The van der Waals surface area contributed by atoms with Gasteiger partial charge in [0.2, 0.25) is 0 Å². The minimum atomic E-state index is -0.224. The zero-order chi connectivity index (χ0) is 19.2. The molecule has 1 aromatic carbocycles. The molecule has 5 atom stereocenters. The van der Waals surface area contributed by atoms with Crippen LogP contribution >= 0.6 is 0 Å². The molecule has 0 unspecified atom stereocenters. The molecule has 0 bridgehead atoms. The van der Waals surface area contributed by atoms with E-state index in [2.05, 4.69) is 13.0 Å². The van der Waals surface area contributed by atoms with Crippen molar-refractivity contribution < 1.29 is 19.4 Å². The zero-order valence-electron chi connectivity index (χ0n) is 16.4. The van der Waals surface area contributed by atoms with Crippen LogP contribution in [-0.4, -0.2) is 23.5 Å². The van der Waals surface area contributed by atoms with E-state index in [1.54, 1.807) is 0 Å². The van der Waals surface area contributed by atoms with Gasteiger partial charge in [-0.25, -0.2) is 0 Å². The van der Waals surface area contributed by atoms with Crippen LogP contribution in [0.3, 0.4) is 0 Å². The molecule has 0 amide bonds. The highest BCUT2D eigenvalue weighted by molar-refractivity contribution is 5.87. The summed E-state index contributed by atoms with van der Waals surface area (Å²) >= 11 is 0. The van der Waals surface area contributed by atoms with Crippen LogP contribution in [0, 0.1) is 23.2 Å².